The number of amides is 4. The highest BCUT2D eigenvalue weighted by Crippen LogP contribution is 2.35. The van der Waals surface area contributed by atoms with Gasteiger partial charge in [0, 0.05) is 27.3 Å². The smallest absolute Gasteiger partial charge is 0.407 e. The summed E-state index contributed by atoms with van der Waals surface area (Å²) in [6.07, 6.45) is 4.14. The third-order valence-corrected chi connectivity index (χ3v) is 10.8. The van der Waals surface area contributed by atoms with Crippen molar-refractivity contribution in [1.82, 2.24) is 40.4 Å². The summed E-state index contributed by atoms with van der Waals surface area (Å²) in [7, 11) is 5.50. The fraction of sp³-hybridized carbons (Fsp3) is 0.450. The van der Waals surface area contributed by atoms with Crippen molar-refractivity contribution < 1.29 is 38.1 Å². The maximum atomic E-state index is 13.6. The SMILES string of the molecule is COC(=O)N[C@H](C(=O)N1CCC[C@H]1c1ncc(-c2ccc(-c3ccc(-c4cnc([C@@H]5CCCN5C(=O)[C@@H](NC(=O)OC)[C@H](C)OC)[nH]4)cc3)cc2)[nH]1)[C@H](C)OC. The summed E-state index contributed by atoms with van der Waals surface area (Å²) >= 11 is 0. The molecule has 0 saturated carbocycles. The van der Waals surface area contributed by atoms with E-state index >= 15 is 0 Å². The van der Waals surface area contributed by atoms with E-state index in [4.69, 9.17) is 18.9 Å². The zero-order chi connectivity index (χ0) is 39.9. The van der Waals surface area contributed by atoms with Crippen LogP contribution in [-0.4, -0.2) is 120 Å². The van der Waals surface area contributed by atoms with Crippen molar-refractivity contribution in [2.45, 2.75) is 75.9 Å². The first-order chi connectivity index (χ1) is 27.1. The van der Waals surface area contributed by atoms with Gasteiger partial charge in [-0.3, -0.25) is 9.59 Å². The van der Waals surface area contributed by atoms with Gasteiger partial charge in [-0.25, -0.2) is 19.6 Å². The molecule has 0 spiro atoms. The lowest BCUT2D eigenvalue weighted by Crippen LogP contribution is -2.54. The van der Waals surface area contributed by atoms with Gasteiger partial charge in [-0.1, -0.05) is 48.5 Å². The largest absolute Gasteiger partial charge is 0.453 e. The lowest BCUT2D eigenvalue weighted by molar-refractivity contribution is -0.138. The Labute approximate surface area is 325 Å². The van der Waals surface area contributed by atoms with E-state index in [1.54, 1.807) is 36.0 Å². The molecule has 2 aliphatic rings. The first-order valence-electron chi connectivity index (χ1n) is 18.7. The summed E-state index contributed by atoms with van der Waals surface area (Å²) < 4.78 is 20.3. The molecule has 2 fully saturated rings. The van der Waals surface area contributed by atoms with Crippen LogP contribution >= 0.6 is 0 Å². The van der Waals surface area contributed by atoms with E-state index in [1.165, 1.54) is 28.4 Å². The van der Waals surface area contributed by atoms with E-state index in [1.807, 2.05) is 24.3 Å². The topological polar surface area (TPSA) is 193 Å². The molecule has 4 N–H and O–H groups in total. The van der Waals surface area contributed by atoms with E-state index < -0.39 is 36.5 Å². The van der Waals surface area contributed by atoms with E-state index in [0.717, 1.165) is 59.3 Å². The normalized spacial score (nSPS) is 18.9. The highest BCUT2D eigenvalue weighted by atomic mass is 16.5. The molecule has 4 aromatic rings. The van der Waals surface area contributed by atoms with Crippen LogP contribution in [0.15, 0.2) is 60.9 Å². The second-order valence-electron chi connectivity index (χ2n) is 14.0. The molecule has 298 valence electrons. The maximum Gasteiger partial charge on any atom is 0.407 e. The summed E-state index contributed by atoms with van der Waals surface area (Å²) in [5.41, 5.74) is 5.64. The standard InChI is InChI=1S/C40H50N8O8/c1-23(53-3)33(45-39(51)55-5)37(49)47-19-7-9-31(47)35-41-21-29(43-35)27-15-11-25(12-16-27)26-13-17-28(18-14-26)30-22-42-36(44-30)32-10-8-20-48(32)38(50)34(24(2)54-4)46-40(52)56-6/h11-18,21-24,31-34H,7-10,19-20H2,1-6H3,(H,41,43)(H,42,44)(H,45,51)(H,46,52)/t23-,24-,31-,32-,33-,34-/m0/s1. The van der Waals surface area contributed by atoms with Crippen molar-refractivity contribution in [2.24, 2.45) is 0 Å². The fourth-order valence-corrected chi connectivity index (χ4v) is 7.38. The number of imidazole rings is 2. The second-order valence-corrected chi connectivity index (χ2v) is 14.0. The first kappa shape index (κ1) is 39.9. The van der Waals surface area contributed by atoms with Crippen molar-refractivity contribution in [3.63, 3.8) is 0 Å². The van der Waals surface area contributed by atoms with Gasteiger partial charge < -0.3 is 49.3 Å². The molecule has 2 aromatic carbocycles. The summed E-state index contributed by atoms with van der Waals surface area (Å²) in [6, 6.07) is 14.0. The number of hydrogen-bond donors (Lipinski definition) is 4. The Morgan fingerprint density at radius 3 is 1.32 bits per heavy atom. The average molecular weight is 771 g/mol. The Morgan fingerprint density at radius 1 is 0.625 bits per heavy atom. The van der Waals surface area contributed by atoms with Gasteiger partial charge in [-0.05, 0) is 61.8 Å². The van der Waals surface area contributed by atoms with Gasteiger partial charge in [0.05, 0.1) is 62.3 Å². The number of methoxy groups -OCH3 is 4. The summed E-state index contributed by atoms with van der Waals surface area (Å²) in [6.45, 7) is 4.54. The van der Waals surface area contributed by atoms with E-state index in [0.29, 0.717) is 24.7 Å². The Kier molecular flexibility index (Phi) is 12.7. The number of alkyl carbamates (subject to hydrolysis) is 2. The van der Waals surface area contributed by atoms with Crippen LogP contribution in [0.4, 0.5) is 9.59 Å². The Morgan fingerprint density at radius 2 is 0.982 bits per heavy atom. The highest BCUT2D eigenvalue weighted by molar-refractivity contribution is 5.87. The molecule has 2 aromatic heterocycles. The number of ether oxygens (including phenoxy) is 4. The molecular weight excluding hydrogens is 720 g/mol. The van der Waals surface area contributed by atoms with Crippen LogP contribution in [0.1, 0.15) is 63.3 Å². The molecule has 2 aliphatic heterocycles. The monoisotopic (exact) mass is 770 g/mol. The number of rotatable bonds is 13. The van der Waals surface area contributed by atoms with Gasteiger partial charge in [-0.15, -0.1) is 0 Å². The fourth-order valence-electron chi connectivity index (χ4n) is 7.38. The third-order valence-electron chi connectivity index (χ3n) is 10.8. The molecule has 0 radical (unpaired) electrons. The third kappa shape index (κ3) is 8.55. The molecule has 4 amide bonds. The number of nitrogens with one attached hydrogen (secondary N) is 4. The number of carbonyl (C=O) groups is 4. The van der Waals surface area contributed by atoms with Crippen molar-refractivity contribution in [3.05, 3.63) is 72.6 Å². The molecule has 0 bridgehead atoms. The summed E-state index contributed by atoms with van der Waals surface area (Å²) in [4.78, 5) is 70.8. The van der Waals surface area contributed by atoms with E-state index in [9.17, 15) is 19.2 Å². The van der Waals surface area contributed by atoms with E-state index in [-0.39, 0.29) is 23.9 Å². The quantitative estimate of drug-likeness (QED) is 0.144. The molecule has 6 atom stereocenters. The van der Waals surface area contributed by atoms with Crippen molar-refractivity contribution in [1.29, 1.82) is 0 Å². The number of H-pyrrole nitrogens is 2. The van der Waals surface area contributed by atoms with Crippen LogP contribution in [0.25, 0.3) is 33.6 Å². The van der Waals surface area contributed by atoms with Crippen LogP contribution in [0.3, 0.4) is 0 Å². The molecule has 16 nitrogen and oxygen atoms in total. The number of likely N-dealkylation sites (tertiary alicyclic amines) is 2. The summed E-state index contributed by atoms with van der Waals surface area (Å²) in [5, 5.41) is 5.23. The van der Waals surface area contributed by atoms with Crippen molar-refractivity contribution in [3.8, 4) is 33.6 Å². The Hall–Kier alpha value is -5.74. The molecule has 0 unspecified atom stereocenters. The minimum absolute atomic E-state index is 0.251. The summed E-state index contributed by atoms with van der Waals surface area (Å²) in [5.74, 6) is 0.862. The van der Waals surface area contributed by atoms with Crippen molar-refractivity contribution >= 4 is 24.0 Å². The van der Waals surface area contributed by atoms with Crippen LogP contribution in [0.2, 0.25) is 0 Å². The highest BCUT2D eigenvalue weighted by Gasteiger charge is 2.40. The molecular formula is C40H50N8O8. The van der Waals surface area contributed by atoms with Gasteiger partial charge in [0.2, 0.25) is 11.8 Å². The molecule has 6 rings (SSSR count). The maximum absolute atomic E-state index is 13.6. The van der Waals surface area contributed by atoms with Gasteiger partial charge in [-0.2, -0.15) is 0 Å². The number of nitrogens with zero attached hydrogens (tertiary/aromatic N) is 4. The van der Waals surface area contributed by atoms with Crippen LogP contribution in [0.5, 0.6) is 0 Å². The molecule has 2 saturated heterocycles. The number of carbonyl (C=O) groups excluding carboxylic acids is 4. The molecule has 56 heavy (non-hydrogen) atoms. The zero-order valence-electron chi connectivity index (χ0n) is 32.5. The number of aromatic nitrogens is 4. The first-order valence-corrected chi connectivity index (χ1v) is 18.7. The van der Waals surface area contributed by atoms with Crippen LogP contribution < -0.4 is 10.6 Å². The van der Waals surface area contributed by atoms with E-state index in [2.05, 4.69) is 54.8 Å². The van der Waals surface area contributed by atoms with Crippen LogP contribution in [0, 0.1) is 0 Å². The Bertz CT molecular complexity index is 1840. The zero-order valence-corrected chi connectivity index (χ0v) is 32.5. The molecule has 0 aliphatic carbocycles. The number of benzene rings is 2. The van der Waals surface area contributed by atoms with Gasteiger partial charge in [0.15, 0.2) is 0 Å². The average Bonchev–Trinajstić information content (AvgIpc) is 4.08. The van der Waals surface area contributed by atoms with Gasteiger partial charge in [0.25, 0.3) is 0 Å². The number of aromatic amines is 2. The predicted octanol–water partition coefficient (Wildman–Crippen LogP) is 4.98. The lowest BCUT2D eigenvalue weighted by Gasteiger charge is -2.30. The molecule has 16 heteroatoms. The van der Waals surface area contributed by atoms with Crippen molar-refractivity contribution in [2.75, 3.05) is 41.5 Å². The number of hydrogen-bond acceptors (Lipinski definition) is 10. The van der Waals surface area contributed by atoms with Gasteiger partial charge in [0.1, 0.15) is 23.7 Å². The van der Waals surface area contributed by atoms with Gasteiger partial charge >= 0.3 is 12.2 Å². The molecule has 4 heterocycles. The van der Waals surface area contributed by atoms with Crippen LogP contribution in [-0.2, 0) is 28.5 Å². The minimum atomic E-state index is -0.899. The Balaban J connectivity index is 1.11. The predicted molar refractivity (Wildman–Crippen MR) is 206 cm³/mol. The second kappa shape index (κ2) is 17.8. The lowest BCUT2D eigenvalue weighted by atomic mass is 10.0. The minimum Gasteiger partial charge on any atom is -0.453 e.